The minimum Gasteiger partial charge on any atom is -0.454 e. The Bertz CT molecular complexity index is 982. The molecule has 6 nitrogen and oxygen atoms in total. The van der Waals surface area contributed by atoms with Gasteiger partial charge in [-0.3, -0.25) is 9.59 Å². The number of aryl methyl sites for hydroxylation is 1. The molecule has 178 valence electrons. The van der Waals surface area contributed by atoms with Crippen molar-refractivity contribution in [3.8, 4) is 11.5 Å². The fourth-order valence-electron chi connectivity index (χ4n) is 4.56. The van der Waals surface area contributed by atoms with Crippen LogP contribution >= 0.6 is 11.3 Å². The average molecular weight is 471 g/mol. The van der Waals surface area contributed by atoms with Crippen molar-refractivity contribution in [3.63, 3.8) is 0 Å². The first kappa shape index (κ1) is 23.6. The van der Waals surface area contributed by atoms with Gasteiger partial charge in [-0.15, -0.1) is 11.3 Å². The van der Waals surface area contributed by atoms with E-state index in [0.717, 1.165) is 43.4 Å². The molecule has 1 aliphatic heterocycles. The molecule has 0 N–H and O–H groups in total. The number of carbonyl (C=O) groups is 2. The summed E-state index contributed by atoms with van der Waals surface area (Å²) in [5, 5.41) is 2.06. The van der Waals surface area contributed by atoms with Gasteiger partial charge in [0.25, 0.3) is 0 Å². The summed E-state index contributed by atoms with van der Waals surface area (Å²) >= 11 is 1.66. The molecule has 2 aromatic rings. The van der Waals surface area contributed by atoms with Crippen LogP contribution in [0.3, 0.4) is 0 Å². The van der Waals surface area contributed by atoms with Gasteiger partial charge in [0.1, 0.15) is 6.54 Å². The summed E-state index contributed by atoms with van der Waals surface area (Å²) in [6, 6.07) is 7.94. The molecule has 1 atom stereocenters. The van der Waals surface area contributed by atoms with Crippen LogP contribution in [0, 0.1) is 12.8 Å². The topological polar surface area (TPSA) is 59.1 Å². The Morgan fingerprint density at radius 2 is 1.88 bits per heavy atom. The van der Waals surface area contributed by atoms with E-state index in [1.807, 2.05) is 34.9 Å². The molecule has 33 heavy (non-hydrogen) atoms. The van der Waals surface area contributed by atoms with Gasteiger partial charge in [-0.1, -0.05) is 25.8 Å². The lowest BCUT2D eigenvalue weighted by Crippen LogP contribution is -2.48. The van der Waals surface area contributed by atoms with E-state index < -0.39 is 0 Å². The molecule has 2 amide bonds. The van der Waals surface area contributed by atoms with E-state index in [2.05, 4.69) is 25.3 Å². The second-order valence-corrected chi connectivity index (χ2v) is 10.2. The van der Waals surface area contributed by atoms with E-state index in [4.69, 9.17) is 9.47 Å². The molecular weight excluding hydrogens is 436 g/mol. The Kier molecular flexibility index (Phi) is 7.58. The van der Waals surface area contributed by atoms with Crippen molar-refractivity contribution in [1.29, 1.82) is 0 Å². The average Bonchev–Trinajstić information content (AvgIpc) is 3.58. The van der Waals surface area contributed by atoms with Gasteiger partial charge in [0.2, 0.25) is 18.6 Å². The summed E-state index contributed by atoms with van der Waals surface area (Å²) in [7, 11) is 0. The van der Waals surface area contributed by atoms with Crippen LogP contribution in [0.5, 0.6) is 11.5 Å². The molecule has 0 bridgehead atoms. The van der Waals surface area contributed by atoms with Crippen LogP contribution in [0.25, 0.3) is 0 Å². The van der Waals surface area contributed by atoms with Crippen molar-refractivity contribution in [2.75, 3.05) is 13.3 Å². The van der Waals surface area contributed by atoms with E-state index in [9.17, 15) is 9.59 Å². The van der Waals surface area contributed by atoms with Crippen LogP contribution in [0.2, 0.25) is 0 Å². The van der Waals surface area contributed by atoms with E-state index in [0.29, 0.717) is 18.8 Å². The molecule has 0 unspecified atom stereocenters. The quantitative estimate of drug-likeness (QED) is 0.510. The summed E-state index contributed by atoms with van der Waals surface area (Å²) in [5.41, 5.74) is 2.17. The SMILES string of the molecule is CC[C@@H](C)N(CC(=O)N(Cc1ccc2c(c1)OCO2)Cc1sccc1C)C(=O)C1CCCC1. The minimum absolute atomic E-state index is 0.0212. The van der Waals surface area contributed by atoms with Crippen LogP contribution in [0.4, 0.5) is 0 Å². The van der Waals surface area contributed by atoms with Crippen molar-refractivity contribution in [1.82, 2.24) is 9.80 Å². The van der Waals surface area contributed by atoms with Gasteiger partial charge in [0, 0.05) is 23.4 Å². The number of hydrogen-bond donors (Lipinski definition) is 0. The summed E-state index contributed by atoms with van der Waals surface area (Å²) in [6.07, 6.45) is 4.92. The molecule has 0 spiro atoms. The number of rotatable bonds is 9. The molecule has 0 radical (unpaired) electrons. The maximum atomic E-state index is 13.6. The molecule has 4 rings (SSSR count). The van der Waals surface area contributed by atoms with Crippen molar-refractivity contribution in [2.45, 2.75) is 72.0 Å². The summed E-state index contributed by atoms with van der Waals surface area (Å²) in [5.74, 6) is 1.63. The maximum Gasteiger partial charge on any atom is 0.242 e. The third-order valence-electron chi connectivity index (χ3n) is 6.88. The van der Waals surface area contributed by atoms with Crippen molar-refractivity contribution in [3.05, 3.63) is 45.6 Å². The standard InChI is InChI=1S/C26H34N2O4S/c1-4-19(3)28(26(30)21-7-5-6-8-21)16-25(29)27(15-24-18(2)11-12-33-24)14-20-9-10-22-23(13-20)32-17-31-22/h9-13,19,21H,4-8,14-17H2,1-3H3/t19-/m1/s1. The number of nitrogens with zero attached hydrogens (tertiary/aromatic N) is 2. The highest BCUT2D eigenvalue weighted by atomic mass is 32.1. The monoisotopic (exact) mass is 470 g/mol. The van der Waals surface area contributed by atoms with Gasteiger partial charge in [-0.2, -0.15) is 0 Å². The number of thiophene rings is 1. The second-order valence-electron chi connectivity index (χ2n) is 9.17. The number of amides is 2. The molecule has 1 aliphatic carbocycles. The molecule has 1 aromatic carbocycles. The molecule has 0 saturated heterocycles. The minimum atomic E-state index is -0.0212. The molecule has 7 heteroatoms. The van der Waals surface area contributed by atoms with Gasteiger partial charge < -0.3 is 19.3 Å². The van der Waals surface area contributed by atoms with Crippen molar-refractivity contribution in [2.24, 2.45) is 5.92 Å². The molecule has 1 fully saturated rings. The lowest BCUT2D eigenvalue weighted by Gasteiger charge is -2.33. The normalized spacial score (nSPS) is 16.1. The first-order valence-electron chi connectivity index (χ1n) is 12.0. The number of benzene rings is 1. The first-order chi connectivity index (χ1) is 16.0. The second kappa shape index (κ2) is 10.6. The Morgan fingerprint density at radius 1 is 1.12 bits per heavy atom. The van der Waals surface area contributed by atoms with Crippen LogP contribution in [0.1, 0.15) is 62.0 Å². The van der Waals surface area contributed by atoms with E-state index in [-0.39, 0.29) is 37.1 Å². The highest BCUT2D eigenvalue weighted by Gasteiger charge is 2.32. The maximum absolute atomic E-state index is 13.6. The lowest BCUT2D eigenvalue weighted by molar-refractivity contribution is -0.145. The van der Waals surface area contributed by atoms with Gasteiger partial charge >= 0.3 is 0 Å². The van der Waals surface area contributed by atoms with Gasteiger partial charge in [0.15, 0.2) is 11.5 Å². The van der Waals surface area contributed by atoms with Gasteiger partial charge in [-0.25, -0.2) is 0 Å². The predicted molar refractivity (Wildman–Crippen MR) is 129 cm³/mol. The first-order valence-corrected chi connectivity index (χ1v) is 12.8. The number of hydrogen-bond acceptors (Lipinski definition) is 5. The predicted octanol–water partition coefficient (Wildman–Crippen LogP) is 5.13. The van der Waals surface area contributed by atoms with E-state index in [1.54, 1.807) is 11.3 Å². The lowest BCUT2D eigenvalue weighted by atomic mass is 10.0. The number of carbonyl (C=O) groups excluding carboxylic acids is 2. The van der Waals surface area contributed by atoms with Crippen molar-refractivity contribution >= 4 is 23.2 Å². The van der Waals surface area contributed by atoms with E-state index in [1.165, 1.54) is 10.4 Å². The zero-order valence-corrected chi connectivity index (χ0v) is 20.7. The molecule has 2 heterocycles. The summed E-state index contributed by atoms with van der Waals surface area (Å²) < 4.78 is 11.0. The van der Waals surface area contributed by atoms with Crippen LogP contribution in [-0.4, -0.2) is 41.0 Å². The fraction of sp³-hybridized carbons (Fsp3) is 0.538. The molecule has 1 aromatic heterocycles. The molecule has 2 aliphatic rings. The van der Waals surface area contributed by atoms with Crippen molar-refractivity contribution < 1.29 is 19.1 Å². The highest BCUT2D eigenvalue weighted by molar-refractivity contribution is 7.10. The van der Waals surface area contributed by atoms with Gasteiger partial charge in [0.05, 0.1) is 6.54 Å². The van der Waals surface area contributed by atoms with E-state index >= 15 is 0 Å². The highest BCUT2D eigenvalue weighted by Crippen LogP contribution is 2.33. The number of ether oxygens (including phenoxy) is 2. The van der Waals surface area contributed by atoms with Crippen LogP contribution < -0.4 is 9.47 Å². The Hall–Kier alpha value is -2.54. The van der Waals surface area contributed by atoms with Gasteiger partial charge in [-0.05, 0) is 67.8 Å². The zero-order valence-electron chi connectivity index (χ0n) is 19.8. The Morgan fingerprint density at radius 3 is 2.58 bits per heavy atom. The summed E-state index contributed by atoms with van der Waals surface area (Å²) in [4.78, 5) is 31.8. The smallest absolute Gasteiger partial charge is 0.242 e. The zero-order chi connectivity index (χ0) is 23.4. The largest absolute Gasteiger partial charge is 0.454 e. The Labute approximate surface area is 200 Å². The third-order valence-corrected chi connectivity index (χ3v) is 7.89. The molecular formula is C26H34N2O4S. The van der Waals surface area contributed by atoms with Crippen LogP contribution in [0.15, 0.2) is 29.6 Å². The fourth-order valence-corrected chi connectivity index (χ4v) is 5.48. The molecule has 1 saturated carbocycles. The van der Waals surface area contributed by atoms with Crippen LogP contribution in [-0.2, 0) is 22.7 Å². The third kappa shape index (κ3) is 5.52. The Balaban J connectivity index is 1.54. The number of fused-ring (bicyclic) bond motifs is 1. The summed E-state index contributed by atoms with van der Waals surface area (Å²) in [6.45, 7) is 7.53.